The summed E-state index contributed by atoms with van der Waals surface area (Å²) in [5.74, 6) is 0.273. The van der Waals surface area contributed by atoms with E-state index < -0.39 is 16.1 Å². The van der Waals surface area contributed by atoms with Crippen LogP contribution in [-0.2, 0) is 19.6 Å². The highest BCUT2D eigenvalue weighted by atomic mass is 35.5. The Balaban J connectivity index is 0.00000462. The van der Waals surface area contributed by atoms with Gasteiger partial charge in [0.2, 0.25) is 15.9 Å². The molecule has 228 valence electrons. The molecule has 2 fully saturated rings. The minimum atomic E-state index is -4.13. The molecule has 2 aliphatic heterocycles. The number of anilines is 1. The first kappa shape index (κ1) is 33.7. The van der Waals surface area contributed by atoms with E-state index >= 15 is 0 Å². The molecule has 0 aliphatic carbocycles. The zero-order chi connectivity index (χ0) is 28.5. The van der Waals surface area contributed by atoms with E-state index in [-0.39, 0.29) is 52.9 Å². The standard InChI is InChI=1S/C30H44N4O4S2.ClH/c1-3-22-15-17-32-20-24(22)30(36)25(12-5-9-21-10-7-16-31-19-21)34-40(37,38)27-14-6-11-23(26-13-8-18-39-26)29(27)33-28(35)4-2;/h6,8,11,13-14,18,21-22,24-25,31-32,34H,3-5,7,9-10,12,15-17,19-20H2,1-2H3,(H,33,35);1H/t21?,22?,24?,25-;/m0./s1. The highest BCUT2D eigenvalue weighted by molar-refractivity contribution is 7.89. The molecule has 4 N–H and O–H groups in total. The fourth-order valence-corrected chi connectivity index (χ4v) is 8.21. The van der Waals surface area contributed by atoms with Crippen LogP contribution in [0.4, 0.5) is 5.69 Å². The van der Waals surface area contributed by atoms with Crippen LogP contribution < -0.4 is 20.7 Å². The number of rotatable bonds is 13. The number of hydrogen-bond donors (Lipinski definition) is 4. The van der Waals surface area contributed by atoms with Crippen LogP contribution in [0.3, 0.4) is 0 Å². The molecule has 2 aliphatic rings. The zero-order valence-corrected chi connectivity index (χ0v) is 26.6. The summed E-state index contributed by atoms with van der Waals surface area (Å²) in [4.78, 5) is 27.3. The lowest BCUT2D eigenvalue weighted by Gasteiger charge is -2.33. The number of sulfonamides is 1. The van der Waals surface area contributed by atoms with Crippen LogP contribution in [0.15, 0.2) is 40.6 Å². The average Bonchev–Trinajstić information content (AvgIpc) is 3.51. The number of Topliss-reactive ketones (excluding diaryl/α,β-unsaturated/α-hetero) is 1. The van der Waals surface area contributed by atoms with Crippen molar-refractivity contribution in [2.75, 3.05) is 31.5 Å². The number of carbonyl (C=O) groups is 2. The Kier molecular flexibility index (Phi) is 13.3. The summed E-state index contributed by atoms with van der Waals surface area (Å²) in [6.07, 6.45) is 6.54. The maximum atomic E-state index is 14.0. The molecule has 11 heteroatoms. The predicted molar refractivity (Wildman–Crippen MR) is 169 cm³/mol. The maximum absolute atomic E-state index is 14.0. The third-order valence-corrected chi connectivity index (χ3v) is 10.8. The summed E-state index contributed by atoms with van der Waals surface area (Å²) < 4.78 is 30.9. The van der Waals surface area contributed by atoms with Gasteiger partial charge in [0.15, 0.2) is 5.78 Å². The molecule has 41 heavy (non-hydrogen) atoms. The van der Waals surface area contributed by atoms with Crippen molar-refractivity contribution in [2.24, 2.45) is 17.8 Å². The van der Waals surface area contributed by atoms with Crippen LogP contribution in [0.1, 0.15) is 65.2 Å². The monoisotopic (exact) mass is 624 g/mol. The number of para-hydroxylation sites is 1. The van der Waals surface area contributed by atoms with E-state index in [4.69, 9.17) is 0 Å². The van der Waals surface area contributed by atoms with Crippen LogP contribution in [0, 0.1) is 17.8 Å². The zero-order valence-electron chi connectivity index (χ0n) is 24.1. The fourth-order valence-electron chi connectivity index (χ4n) is 6.03. The lowest BCUT2D eigenvalue weighted by Crippen LogP contribution is -2.50. The maximum Gasteiger partial charge on any atom is 0.243 e. The summed E-state index contributed by atoms with van der Waals surface area (Å²) in [7, 11) is -4.13. The predicted octanol–water partition coefficient (Wildman–Crippen LogP) is 5.21. The van der Waals surface area contributed by atoms with Crippen LogP contribution >= 0.6 is 23.7 Å². The quantitative estimate of drug-likeness (QED) is 0.243. The summed E-state index contributed by atoms with van der Waals surface area (Å²) in [6.45, 7) is 7.31. The molecular weight excluding hydrogens is 580 g/mol. The number of carbonyl (C=O) groups excluding carboxylic acids is 2. The molecule has 2 saturated heterocycles. The molecule has 4 atom stereocenters. The first-order valence-electron chi connectivity index (χ1n) is 14.8. The first-order valence-corrected chi connectivity index (χ1v) is 17.1. The van der Waals surface area contributed by atoms with Crippen molar-refractivity contribution < 1.29 is 18.0 Å². The van der Waals surface area contributed by atoms with Gasteiger partial charge in [-0.15, -0.1) is 23.7 Å². The minimum Gasteiger partial charge on any atom is -0.324 e. The van der Waals surface area contributed by atoms with Gasteiger partial charge in [0.1, 0.15) is 4.90 Å². The Morgan fingerprint density at radius 1 is 1.07 bits per heavy atom. The molecule has 0 spiro atoms. The van der Waals surface area contributed by atoms with Crippen LogP contribution in [-0.4, -0.2) is 52.3 Å². The van der Waals surface area contributed by atoms with Crippen LogP contribution in [0.2, 0.25) is 0 Å². The van der Waals surface area contributed by atoms with Crippen molar-refractivity contribution >= 4 is 51.1 Å². The molecule has 3 heterocycles. The molecule has 8 nitrogen and oxygen atoms in total. The van der Waals surface area contributed by atoms with Gasteiger partial charge in [0.05, 0.1) is 11.7 Å². The van der Waals surface area contributed by atoms with E-state index in [2.05, 4.69) is 27.6 Å². The van der Waals surface area contributed by atoms with Gasteiger partial charge >= 0.3 is 0 Å². The second-order valence-electron chi connectivity index (χ2n) is 11.0. The van der Waals surface area contributed by atoms with Crippen molar-refractivity contribution in [2.45, 2.75) is 76.2 Å². The van der Waals surface area contributed by atoms with E-state index in [9.17, 15) is 18.0 Å². The second kappa shape index (κ2) is 16.1. The number of piperidine rings is 2. The number of ketones is 1. The normalized spacial score (nSPS) is 22.0. The molecule has 3 unspecified atom stereocenters. The Bertz CT molecular complexity index is 1230. The van der Waals surface area contributed by atoms with E-state index in [1.807, 2.05) is 23.6 Å². The number of hydrogen-bond acceptors (Lipinski definition) is 7. The summed E-state index contributed by atoms with van der Waals surface area (Å²) in [5, 5.41) is 11.5. The first-order chi connectivity index (χ1) is 19.3. The molecule has 1 aromatic carbocycles. The van der Waals surface area contributed by atoms with Gasteiger partial charge in [-0.2, -0.15) is 0 Å². The minimum absolute atomic E-state index is 0. The van der Waals surface area contributed by atoms with Crippen LogP contribution in [0.25, 0.3) is 10.4 Å². The Labute approximate surface area is 255 Å². The summed E-state index contributed by atoms with van der Waals surface area (Å²) in [6, 6.07) is 7.99. The molecule has 1 aromatic heterocycles. The molecule has 0 saturated carbocycles. The van der Waals surface area contributed by atoms with E-state index in [0.29, 0.717) is 24.4 Å². The molecule has 4 rings (SSSR count). The summed E-state index contributed by atoms with van der Waals surface area (Å²) in [5.41, 5.74) is 0.907. The Hall–Kier alpha value is -1.82. The number of halogens is 1. The third-order valence-electron chi connectivity index (χ3n) is 8.35. The Morgan fingerprint density at radius 2 is 1.88 bits per heavy atom. The van der Waals surface area contributed by atoms with Crippen molar-refractivity contribution in [1.29, 1.82) is 0 Å². The SMILES string of the molecule is CCC(=O)Nc1c(-c2cccs2)cccc1S(=O)(=O)N[C@@H](CCCC1CCCNC1)C(=O)C1CNCCC1CC.Cl. The van der Waals surface area contributed by atoms with Gasteiger partial charge < -0.3 is 16.0 Å². The number of benzene rings is 1. The van der Waals surface area contributed by atoms with E-state index in [1.54, 1.807) is 13.0 Å². The smallest absolute Gasteiger partial charge is 0.243 e. The van der Waals surface area contributed by atoms with Gasteiger partial charge in [-0.25, -0.2) is 13.1 Å². The summed E-state index contributed by atoms with van der Waals surface area (Å²) >= 11 is 1.48. The number of thiophene rings is 1. The van der Waals surface area contributed by atoms with Crippen molar-refractivity contribution in [3.8, 4) is 10.4 Å². The Morgan fingerprint density at radius 3 is 2.56 bits per heavy atom. The highest BCUT2D eigenvalue weighted by Gasteiger charge is 2.36. The second-order valence-corrected chi connectivity index (χ2v) is 13.7. The molecular formula is C30H45ClN4O4S2. The highest BCUT2D eigenvalue weighted by Crippen LogP contribution is 2.37. The molecule has 2 aromatic rings. The average molecular weight is 625 g/mol. The van der Waals surface area contributed by atoms with Gasteiger partial charge in [-0.05, 0) is 81.1 Å². The van der Waals surface area contributed by atoms with Gasteiger partial charge in [-0.3, -0.25) is 9.59 Å². The van der Waals surface area contributed by atoms with Gasteiger partial charge in [0, 0.05) is 29.3 Å². The van der Waals surface area contributed by atoms with Crippen molar-refractivity contribution in [3.63, 3.8) is 0 Å². The third kappa shape index (κ3) is 8.84. The van der Waals surface area contributed by atoms with Crippen LogP contribution in [0.5, 0.6) is 0 Å². The van der Waals surface area contributed by atoms with E-state index in [0.717, 1.165) is 63.0 Å². The van der Waals surface area contributed by atoms with Gasteiger partial charge in [0.25, 0.3) is 0 Å². The molecule has 0 bridgehead atoms. The van der Waals surface area contributed by atoms with Gasteiger partial charge in [-0.1, -0.05) is 44.9 Å². The molecule has 0 radical (unpaired) electrons. The number of nitrogens with one attached hydrogen (secondary N) is 4. The number of amides is 1. The van der Waals surface area contributed by atoms with E-state index in [1.165, 1.54) is 17.4 Å². The van der Waals surface area contributed by atoms with Crippen molar-refractivity contribution in [3.05, 3.63) is 35.7 Å². The molecule has 1 amide bonds. The van der Waals surface area contributed by atoms with Crippen molar-refractivity contribution in [1.82, 2.24) is 15.4 Å². The fraction of sp³-hybridized carbons (Fsp3) is 0.600. The topological polar surface area (TPSA) is 116 Å². The largest absolute Gasteiger partial charge is 0.324 e. The lowest BCUT2D eigenvalue weighted by molar-refractivity contribution is -0.127. The lowest BCUT2D eigenvalue weighted by atomic mass is 9.79.